The van der Waals surface area contributed by atoms with Gasteiger partial charge in [-0.2, -0.15) is 10.4 Å². The van der Waals surface area contributed by atoms with Gasteiger partial charge in [0.1, 0.15) is 0 Å². The quantitative estimate of drug-likeness (QED) is 0.695. The predicted octanol–water partition coefficient (Wildman–Crippen LogP) is 2.39. The second kappa shape index (κ2) is 7.04. The zero-order valence-electron chi connectivity index (χ0n) is 12.4. The molecule has 0 aliphatic heterocycles. The highest BCUT2D eigenvalue weighted by Gasteiger charge is 2.03. The summed E-state index contributed by atoms with van der Waals surface area (Å²) in [7, 11) is 3.95. The normalized spacial score (nSPS) is 10.2. The molecule has 0 heterocycles. The van der Waals surface area contributed by atoms with Gasteiger partial charge in [0.05, 0.1) is 17.8 Å². The molecule has 0 radical (unpaired) electrons. The van der Waals surface area contributed by atoms with E-state index >= 15 is 0 Å². The van der Waals surface area contributed by atoms with Crippen LogP contribution in [0.1, 0.15) is 21.5 Å². The molecule has 0 saturated carbocycles. The summed E-state index contributed by atoms with van der Waals surface area (Å²) in [5, 5.41) is 12.6. The fraction of sp³-hybridized carbons (Fsp3) is 0.118. The Balaban J connectivity index is 1.96. The van der Waals surface area contributed by atoms with Crippen LogP contribution in [-0.4, -0.2) is 26.2 Å². The molecule has 0 aliphatic rings. The topological polar surface area (TPSA) is 68.5 Å². The van der Waals surface area contributed by atoms with Crippen molar-refractivity contribution in [1.29, 1.82) is 5.26 Å². The lowest BCUT2D eigenvalue weighted by Crippen LogP contribution is -2.17. The molecule has 0 fully saturated rings. The van der Waals surface area contributed by atoms with Crippen LogP contribution in [-0.2, 0) is 0 Å². The zero-order chi connectivity index (χ0) is 15.9. The summed E-state index contributed by atoms with van der Waals surface area (Å²) in [4.78, 5) is 13.9. The molecule has 22 heavy (non-hydrogen) atoms. The Hall–Kier alpha value is -3.13. The molecular weight excluding hydrogens is 276 g/mol. The van der Waals surface area contributed by atoms with Gasteiger partial charge in [0, 0.05) is 25.3 Å². The molecule has 1 amide bonds. The van der Waals surface area contributed by atoms with Gasteiger partial charge in [0.15, 0.2) is 0 Å². The highest BCUT2D eigenvalue weighted by molar-refractivity contribution is 5.95. The maximum atomic E-state index is 11.9. The van der Waals surface area contributed by atoms with Gasteiger partial charge in [0.25, 0.3) is 5.91 Å². The summed E-state index contributed by atoms with van der Waals surface area (Å²) < 4.78 is 0. The molecule has 2 rings (SSSR count). The Morgan fingerprint density at radius 1 is 1.14 bits per heavy atom. The van der Waals surface area contributed by atoms with Crippen LogP contribution in [0.15, 0.2) is 53.6 Å². The van der Waals surface area contributed by atoms with E-state index < -0.39 is 0 Å². The third-order valence-corrected chi connectivity index (χ3v) is 3.07. The minimum absolute atomic E-state index is 0.314. The van der Waals surface area contributed by atoms with Gasteiger partial charge in [0.2, 0.25) is 0 Å². The fourth-order valence-corrected chi connectivity index (χ4v) is 1.78. The fourth-order valence-electron chi connectivity index (χ4n) is 1.78. The van der Waals surface area contributed by atoms with Crippen molar-refractivity contribution in [3.63, 3.8) is 0 Å². The van der Waals surface area contributed by atoms with E-state index in [1.807, 2.05) is 49.3 Å². The zero-order valence-corrected chi connectivity index (χ0v) is 12.4. The maximum absolute atomic E-state index is 11.9. The van der Waals surface area contributed by atoms with Crippen molar-refractivity contribution in [2.24, 2.45) is 5.10 Å². The average Bonchev–Trinajstić information content (AvgIpc) is 2.55. The lowest BCUT2D eigenvalue weighted by molar-refractivity contribution is 0.0955. The van der Waals surface area contributed by atoms with Gasteiger partial charge in [-0.1, -0.05) is 12.1 Å². The number of hydrazone groups is 1. The lowest BCUT2D eigenvalue weighted by atomic mass is 10.1. The first-order valence-corrected chi connectivity index (χ1v) is 6.71. The summed E-state index contributed by atoms with van der Waals surface area (Å²) in [6.07, 6.45) is 1.58. The van der Waals surface area contributed by atoms with Crippen LogP contribution >= 0.6 is 0 Å². The summed E-state index contributed by atoms with van der Waals surface area (Å²) >= 11 is 0. The third kappa shape index (κ3) is 3.93. The van der Waals surface area contributed by atoms with Crippen LogP contribution in [0.3, 0.4) is 0 Å². The molecule has 0 saturated heterocycles. The van der Waals surface area contributed by atoms with Crippen molar-refractivity contribution in [3.05, 3.63) is 65.2 Å². The first-order valence-electron chi connectivity index (χ1n) is 6.71. The highest BCUT2D eigenvalue weighted by atomic mass is 16.2. The average molecular weight is 292 g/mol. The molecule has 0 atom stereocenters. The molecule has 2 aromatic carbocycles. The van der Waals surface area contributed by atoms with Crippen LogP contribution in [0.4, 0.5) is 5.69 Å². The number of hydrogen-bond acceptors (Lipinski definition) is 4. The van der Waals surface area contributed by atoms with E-state index in [9.17, 15) is 4.79 Å². The van der Waals surface area contributed by atoms with Crippen molar-refractivity contribution in [2.45, 2.75) is 0 Å². The van der Waals surface area contributed by atoms with Crippen molar-refractivity contribution in [2.75, 3.05) is 19.0 Å². The summed E-state index contributed by atoms with van der Waals surface area (Å²) in [5.41, 5.74) is 5.42. The smallest absolute Gasteiger partial charge is 0.271 e. The van der Waals surface area contributed by atoms with E-state index in [1.165, 1.54) is 0 Å². The molecule has 5 heteroatoms. The number of nitriles is 1. The first-order chi connectivity index (χ1) is 10.6. The van der Waals surface area contributed by atoms with Crippen LogP contribution < -0.4 is 10.3 Å². The number of amides is 1. The van der Waals surface area contributed by atoms with Gasteiger partial charge < -0.3 is 4.90 Å². The largest absolute Gasteiger partial charge is 0.378 e. The molecular formula is C17H16N4O. The van der Waals surface area contributed by atoms with Crippen molar-refractivity contribution < 1.29 is 4.79 Å². The molecule has 0 aliphatic carbocycles. The minimum atomic E-state index is -0.314. The number of nitrogens with one attached hydrogen (secondary N) is 1. The monoisotopic (exact) mass is 292 g/mol. The van der Waals surface area contributed by atoms with Gasteiger partial charge in [-0.25, -0.2) is 5.43 Å². The van der Waals surface area contributed by atoms with E-state index in [2.05, 4.69) is 10.5 Å². The van der Waals surface area contributed by atoms with Gasteiger partial charge in [-0.05, 0) is 42.0 Å². The van der Waals surface area contributed by atoms with Crippen LogP contribution in [0.25, 0.3) is 0 Å². The summed E-state index contributed by atoms with van der Waals surface area (Å²) in [6, 6.07) is 16.2. The second-order valence-corrected chi connectivity index (χ2v) is 4.87. The number of rotatable bonds is 4. The summed E-state index contributed by atoms with van der Waals surface area (Å²) in [5.74, 6) is -0.314. The number of benzene rings is 2. The maximum Gasteiger partial charge on any atom is 0.271 e. The number of anilines is 1. The standard InChI is InChI=1S/C17H16N4O/c1-21(2)16-9-5-14(6-10-16)12-19-20-17(22)15-7-3-13(11-18)4-8-15/h3-10,12H,1-2H3,(H,20,22)/b19-12-. The Labute approximate surface area is 129 Å². The third-order valence-electron chi connectivity index (χ3n) is 3.07. The van der Waals surface area contributed by atoms with Crippen molar-refractivity contribution in [1.82, 2.24) is 5.43 Å². The van der Waals surface area contributed by atoms with Gasteiger partial charge in [-0.15, -0.1) is 0 Å². The van der Waals surface area contributed by atoms with Gasteiger partial charge in [-0.3, -0.25) is 4.79 Å². The molecule has 0 spiro atoms. The van der Waals surface area contributed by atoms with Crippen molar-refractivity contribution >= 4 is 17.8 Å². The number of hydrogen-bond donors (Lipinski definition) is 1. The van der Waals surface area contributed by atoms with E-state index in [1.54, 1.807) is 30.5 Å². The number of carbonyl (C=O) groups excluding carboxylic acids is 1. The number of nitrogens with zero attached hydrogens (tertiary/aromatic N) is 3. The predicted molar refractivity (Wildman–Crippen MR) is 87.0 cm³/mol. The lowest BCUT2D eigenvalue weighted by Gasteiger charge is -2.11. The molecule has 0 bridgehead atoms. The Morgan fingerprint density at radius 3 is 2.32 bits per heavy atom. The molecule has 0 aromatic heterocycles. The van der Waals surface area contributed by atoms with Crippen LogP contribution in [0.2, 0.25) is 0 Å². The van der Waals surface area contributed by atoms with E-state index in [0.29, 0.717) is 11.1 Å². The Bertz CT molecular complexity index is 710. The first kappa shape index (κ1) is 15.3. The van der Waals surface area contributed by atoms with E-state index in [4.69, 9.17) is 5.26 Å². The Morgan fingerprint density at radius 2 is 1.77 bits per heavy atom. The molecule has 110 valence electrons. The molecule has 0 unspecified atom stereocenters. The van der Waals surface area contributed by atoms with Crippen LogP contribution in [0.5, 0.6) is 0 Å². The second-order valence-electron chi connectivity index (χ2n) is 4.87. The summed E-state index contributed by atoms with van der Waals surface area (Å²) in [6.45, 7) is 0. The molecule has 5 nitrogen and oxygen atoms in total. The van der Waals surface area contributed by atoms with Crippen molar-refractivity contribution in [3.8, 4) is 6.07 Å². The van der Waals surface area contributed by atoms with Gasteiger partial charge >= 0.3 is 0 Å². The van der Waals surface area contributed by atoms with Crippen LogP contribution in [0, 0.1) is 11.3 Å². The Kier molecular flexibility index (Phi) is 4.89. The number of carbonyl (C=O) groups is 1. The highest BCUT2D eigenvalue weighted by Crippen LogP contribution is 2.10. The minimum Gasteiger partial charge on any atom is -0.378 e. The van der Waals surface area contributed by atoms with E-state index in [-0.39, 0.29) is 5.91 Å². The SMILES string of the molecule is CN(C)c1ccc(/C=N\NC(=O)c2ccc(C#N)cc2)cc1. The molecule has 1 N–H and O–H groups in total. The molecule has 2 aromatic rings. The van der Waals surface area contributed by atoms with E-state index in [0.717, 1.165) is 11.3 Å².